The number of fused-ring (bicyclic) bond motifs is 1. The number of ketones is 1. The van der Waals surface area contributed by atoms with Crippen LogP contribution in [0.2, 0.25) is 0 Å². The van der Waals surface area contributed by atoms with Gasteiger partial charge in [-0.15, -0.1) is 0 Å². The molecule has 1 aliphatic heterocycles. The zero-order chi connectivity index (χ0) is 19.5. The molecular weight excluding hydrogens is 348 g/mol. The van der Waals surface area contributed by atoms with E-state index in [1.165, 1.54) is 11.1 Å². The highest BCUT2D eigenvalue weighted by molar-refractivity contribution is 6.14. The van der Waals surface area contributed by atoms with Crippen LogP contribution >= 0.6 is 0 Å². The monoisotopic (exact) mass is 370 g/mol. The number of Topliss-reactive ketones (excluding diaryl/α,β-unsaturated/α-hetero) is 1. The Morgan fingerprint density at radius 1 is 1.00 bits per heavy atom. The van der Waals surface area contributed by atoms with Gasteiger partial charge in [0, 0.05) is 6.07 Å². The zero-order valence-electron chi connectivity index (χ0n) is 16.1. The number of allylic oxidation sites excluding steroid dienone is 1. The Balaban J connectivity index is 1.50. The molecule has 0 radical (unpaired) electrons. The molecule has 0 aromatic heterocycles. The maximum Gasteiger partial charge on any atom is 0.231 e. The third kappa shape index (κ3) is 3.70. The normalized spacial score (nSPS) is 14.1. The van der Waals surface area contributed by atoms with Crippen LogP contribution in [0.1, 0.15) is 39.5 Å². The van der Waals surface area contributed by atoms with Gasteiger partial charge in [-0.05, 0) is 53.8 Å². The summed E-state index contributed by atoms with van der Waals surface area (Å²) in [5.74, 6) is 1.47. The van der Waals surface area contributed by atoms with E-state index in [-0.39, 0.29) is 5.78 Å². The van der Waals surface area contributed by atoms with Crippen LogP contribution in [0.4, 0.5) is 0 Å². The van der Waals surface area contributed by atoms with Gasteiger partial charge in [-0.3, -0.25) is 4.79 Å². The summed E-state index contributed by atoms with van der Waals surface area (Å²) < 4.78 is 11.7. The lowest BCUT2D eigenvalue weighted by Gasteiger charge is -2.09. The van der Waals surface area contributed by atoms with E-state index in [0.29, 0.717) is 29.4 Å². The molecule has 0 saturated carbocycles. The van der Waals surface area contributed by atoms with Gasteiger partial charge < -0.3 is 9.47 Å². The largest absolute Gasteiger partial charge is 0.489 e. The Bertz CT molecular complexity index is 1050. The van der Waals surface area contributed by atoms with Crippen molar-refractivity contribution >= 4 is 11.9 Å². The van der Waals surface area contributed by atoms with Gasteiger partial charge in [0.1, 0.15) is 18.1 Å². The van der Waals surface area contributed by atoms with Gasteiger partial charge in [-0.1, -0.05) is 55.5 Å². The van der Waals surface area contributed by atoms with Crippen molar-refractivity contribution in [3.05, 3.63) is 100 Å². The molecule has 3 aromatic rings. The van der Waals surface area contributed by atoms with Crippen LogP contribution in [0.15, 0.2) is 72.5 Å². The van der Waals surface area contributed by atoms with Crippen molar-refractivity contribution in [3.8, 4) is 11.5 Å². The van der Waals surface area contributed by atoms with Gasteiger partial charge in [0.15, 0.2) is 5.76 Å². The van der Waals surface area contributed by atoms with Crippen molar-refractivity contribution in [1.82, 2.24) is 0 Å². The maximum atomic E-state index is 12.6. The van der Waals surface area contributed by atoms with Gasteiger partial charge in [0.25, 0.3) is 0 Å². The first-order chi connectivity index (χ1) is 13.6. The van der Waals surface area contributed by atoms with E-state index in [4.69, 9.17) is 9.47 Å². The minimum atomic E-state index is -0.0972. The fourth-order valence-corrected chi connectivity index (χ4v) is 3.19. The molecule has 0 N–H and O–H groups in total. The second-order valence-electron chi connectivity index (χ2n) is 6.91. The molecule has 3 nitrogen and oxygen atoms in total. The van der Waals surface area contributed by atoms with E-state index in [0.717, 1.165) is 17.5 Å². The van der Waals surface area contributed by atoms with Crippen LogP contribution in [-0.2, 0) is 13.0 Å². The molecule has 1 aliphatic rings. The summed E-state index contributed by atoms with van der Waals surface area (Å²) in [7, 11) is 0. The molecule has 0 spiro atoms. The average molecular weight is 370 g/mol. The first-order valence-corrected chi connectivity index (χ1v) is 9.48. The number of carbonyl (C=O) groups excluding carboxylic acids is 1. The first-order valence-electron chi connectivity index (χ1n) is 9.48. The molecule has 0 atom stereocenters. The summed E-state index contributed by atoms with van der Waals surface area (Å²) in [6, 6.07) is 21.6. The Kier molecular flexibility index (Phi) is 4.98. The van der Waals surface area contributed by atoms with Crippen molar-refractivity contribution in [1.29, 1.82) is 0 Å². The van der Waals surface area contributed by atoms with Gasteiger partial charge >= 0.3 is 0 Å². The SMILES string of the molecule is CCc1ccc(C=C2Oc3cc(OCc4ccccc4C)ccc3C2=O)cc1. The second-order valence-corrected chi connectivity index (χ2v) is 6.91. The van der Waals surface area contributed by atoms with Crippen molar-refractivity contribution in [2.75, 3.05) is 0 Å². The topological polar surface area (TPSA) is 35.5 Å². The lowest BCUT2D eigenvalue weighted by Crippen LogP contribution is -1.98. The van der Waals surface area contributed by atoms with Crippen LogP contribution < -0.4 is 9.47 Å². The molecule has 0 fully saturated rings. The van der Waals surface area contributed by atoms with E-state index >= 15 is 0 Å². The zero-order valence-corrected chi connectivity index (χ0v) is 16.1. The minimum Gasteiger partial charge on any atom is -0.489 e. The minimum absolute atomic E-state index is 0.0972. The Labute approximate surface area is 165 Å². The van der Waals surface area contributed by atoms with Crippen molar-refractivity contribution in [2.24, 2.45) is 0 Å². The number of ether oxygens (including phenoxy) is 2. The quantitative estimate of drug-likeness (QED) is 0.536. The van der Waals surface area contributed by atoms with Crippen molar-refractivity contribution in [2.45, 2.75) is 26.9 Å². The number of carbonyl (C=O) groups is 1. The van der Waals surface area contributed by atoms with E-state index in [9.17, 15) is 4.79 Å². The molecule has 3 heteroatoms. The Morgan fingerprint density at radius 2 is 1.79 bits per heavy atom. The summed E-state index contributed by atoms with van der Waals surface area (Å²) in [4.78, 5) is 12.6. The highest BCUT2D eigenvalue weighted by Gasteiger charge is 2.27. The summed E-state index contributed by atoms with van der Waals surface area (Å²) in [6.07, 6.45) is 2.78. The highest BCUT2D eigenvalue weighted by atomic mass is 16.5. The highest BCUT2D eigenvalue weighted by Crippen LogP contribution is 2.35. The van der Waals surface area contributed by atoms with Crippen LogP contribution in [0.5, 0.6) is 11.5 Å². The van der Waals surface area contributed by atoms with Crippen molar-refractivity contribution < 1.29 is 14.3 Å². The molecular formula is C25H22O3. The third-order valence-electron chi connectivity index (χ3n) is 4.98. The van der Waals surface area contributed by atoms with E-state index in [1.807, 2.05) is 36.4 Å². The molecule has 1 heterocycles. The summed E-state index contributed by atoms with van der Waals surface area (Å²) >= 11 is 0. The lowest BCUT2D eigenvalue weighted by atomic mass is 10.1. The summed E-state index contributed by atoms with van der Waals surface area (Å²) in [5, 5.41) is 0. The average Bonchev–Trinajstić information content (AvgIpc) is 3.03. The van der Waals surface area contributed by atoms with Gasteiger partial charge in [0.05, 0.1) is 5.56 Å². The maximum absolute atomic E-state index is 12.6. The third-order valence-corrected chi connectivity index (χ3v) is 4.98. The molecule has 4 rings (SSSR count). The van der Waals surface area contributed by atoms with E-state index in [2.05, 4.69) is 32.0 Å². The van der Waals surface area contributed by atoms with Gasteiger partial charge in [0.2, 0.25) is 5.78 Å². The number of rotatable bonds is 5. The fraction of sp³-hybridized carbons (Fsp3) is 0.160. The molecule has 28 heavy (non-hydrogen) atoms. The number of benzene rings is 3. The van der Waals surface area contributed by atoms with Gasteiger partial charge in [-0.2, -0.15) is 0 Å². The van der Waals surface area contributed by atoms with Crippen molar-refractivity contribution in [3.63, 3.8) is 0 Å². The fourth-order valence-electron chi connectivity index (χ4n) is 3.19. The van der Waals surface area contributed by atoms with Crippen LogP contribution in [0, 0.1) is 6.92 Å². The lowest BCUT2D eigenvalue weighted by molar-refractivity contribution is 0.101. The number of hydrogen-bond donors (Lipinski definition) is 0. The summed E-state index contributed by atoms with van der Waals surface area (Å²) in [6.45, 7) is 4.66. The van der Waals surface area contributed by atoms with Crippen LogP contribution in [0.3, 0.4) is 0 Å². The molecule has 0 unspecified atom stereocenters. The Morgan fingerprint density at radius 3 is 2.54 bits per heavy atom. The number of hydrogen-bond acceptors (Lipinski definition) is 3. The predicted octanol–water partition coefficient (Wildman–Crippen LogP) is 5.75. The van der Waals surface area contributed by atoms with E-state index < -0.39 is 0 Å². The first kappa shape index (κ1) is 18.1. The molecule has 0 aliphatic carbocycles. The molecule has 0 saturated heterocycles. The van der Waals surface area contributed by atoms with Crippen LogP contribution in [0.25, 0.3) is 6.08 Å². The predicted molar refractivity (Wildman–Crippen MR) is 111 cm³/mol. The second kappa shape index (κ2) is 7.73. The molecule has 140 valence electrons. The standard InChI is InChI=1S/C25H22O3/c1-3-18-8-10-19(11-9-18)14-24-25(26)22-13-12-21(15-23(22)28-24)27-16-20-7-5-4-6-17(20)2/h4-15H,3,16H2,1-2H3. The molecule has 3 aromatic carbocycles. The molecule has 0 amide bonds. The molecule has 0 bridgehead atoms. The van der Waals surface area contributed by atoms with E-state index in [1.54, 1.807) is 18.2 Å². The number of aryl methyl sites for hydroxylation is 2. The van der Waals surface area contributed by atoms with Crippen LogP contribution in [-0.4, -0.2) is 5.78 Å². The smallest absolute Gasteiger partial charge is 0.231 e. The summed E-state index contributed by atoms with van der Waals surface area (Å²) in [5.41, 5.74) is 5.11. The van der Waals surface area contributed by atoms with Gasteiger partial charge in [-0.25, -0.2) is 0 Å². The Hall–Kier alpha value is -3.33.